The van der Waals surface area contributed by atoms with E-state index in [0.717, 1.165) is 12.8 Å². The van der Waals surface area contributed by atoms with Gasteiger partial charge in [-0.05, 0) is 41.6 Å². The number of ether oxygens (including phenoxy) is 1. The summed E-state index contributed by atoms with van der Waals surface area (Å²) >= 11 is 12.1. The Labute approximate surface area is 166 Å². The van der Waals surface area contributed by atoms with Gasteiger partial charge in [0, 0.05) is 29.7 Å². The Morgan fingerprint density at radius 3 is 2.85 bits per heavy atom. The first kappa shape index (κ1) is 19.0. The van der Waals surface area contributed by atoms with Gasteiger partial charge < -0.3 is 20.8 Å². The Kier molecular flexibility index (Phi) is 5.77. The van der Waals surface area contributed by atoms with E-state index in [9.17, 15) is 0 Å². The van der Waals surface area contributed by atoms with E-state index in [2.05, 4.69) is 44.7 Å². The molecular formula is C17H18Cl3N5O. The van der Waals surface area contributed by atoms with Gasteiger partial charge in [0.15, 0.2) is 16.7 Å². The van der Waals surface area contributed by atoms with Crippen LogP contribution in [-0.2, 0) is 12.8 Å². The van der Waals surface area contributed by atoms with Crippen molar-refractivity contribution in [2.75, 3.05) is 18.5 Å². The zero-order valence-corrected chi connectivity index (χ0v) is 16.1. The Morgan fingerprint density at radius 2 is 2.04 bits per heavy atom. The lowest BCUT2D eigenvalue weighted by Crippen LogP contribution is -2.28. The van der Waals surface area contributed by atoms with Gasteiger partial charge in [0.1, 0.15) is 6.61 Å². The molecule has 1 aromatic carbocycles. The molecule has 0 saturated carbocycles. The first-order valence-corrected chi connectivity index (χ1v) is 8.81. The second kappa shape index (κ2) is 7.88. The predicted molar refractivity (Wildman–Crippen MR) is 107 cm³/mol. The smallest absolute Gasteiger partial charge is 0.226 e. The molecule has 26 heavy (non-hydrogen) atoms. The molecule has 0 aliphatic heterocycles. The molecule has 2 heterocycles. The molecule has 4 rings (SSSR count). The summed E-state index contributed by atoms with van der Waals surface area (Å²) in [4.78, 5) is 11.5. The van der Waals surface area contributed by atoms with Gasteiger partial charge in [-0.2, -0.15) is 4.98 Å². The zero-order valence-electron chi connectivity index (χ0n) is 13.8. The number of anilines is 1. The third-order valence-electron chi connectivity index (χ3n) is 4.31. The summed E-state index contributed by atoms with van der Waals surface area (Å²) in [6, 6.07) is 6.46. The van der Waals surface area contributed by atoms with Crippen molar-refractivity contribution in [3.63, 3.8) is 0 Å². The molecule has 0 radical (unpaired) electrons. The lowest BCUT2D eigenvalue weighted by molar-refractivity contribution is 0.327. The van der Waals surface area contributed by atoms with E-state index < -0.39 is 0 Å². The quantitative estimate of drug-likeness (QED) is 0.438. The Balaban J connectivity index is 0.00000196. The van der Waals surface area contributed by atoms with E-state index in [0.29, 0.717) is 24.7 Å². The molecule has 1 aliphatic rings. The maximum Gasteiger partial charge on any atom is 0.226 e. The van der Waals surface area contributed by atoms with Gasteiger partial charge in [-0.3, -0.25) is 0 Å². The van der Waals surface area contributed by atoms with Crippen molar-refractivity contribution >= 4 is 52.3 Å². The third-order valence-corrected chi connectivity index (χ3v) is 4.73. The second-order valence-electron chi connectivity index (χ2n) is 6.00. The fraction of sp³-hybridized carbons (Fsp3) is 0.294. The molecule has 3 aromatic rings. The number of nitrogens with zero attached hydrogens (tertiary/aromatic N) is 2. The van der Waals surface area contributed by atoms with E-state index in [1.165, 1.54) is 22.0 Å². The highest BCUT2D eigenvalue weighted by atomic mass is 35.5. The van der Waals surface area contributed by atoms with Gasteiger partial charge in [-0.25, -0.2) is 4.98 Å². The van der Waals surface area contributed by atoms with Gasteiger partial charge in [0.2, 0.25) is 5.28 Å². The van der Waals surface area contributed by atoms with Crippen molar-refractivity contribution in [2.24, 2.45) is 5.73 Å². The molecule has 1 aliphatic carbocycles. The molecule has 9 heteroatoms. The van der Waals surface area contributed by atoms with Crippen LogP contribution in [0.3, 0.4) is 0 Å². The van der Waals surface area contributed by atoms with Gasteiger partial charge >= 0.3 is 0 Å². The highest BCUT2D eigenvalue weighted by Crippen LogP contribution is 2.35. The van der Waals surface area contributed by atoms with Gasteiger partial charge in [-0.1, -0.05) is 23.7 Å². The van der Waals surface area contributed by atoms with Crippen LogP contribution in [0.15, 0.2) is 24.4 Å². The predicted octanol–water partition coefficient (Wildman–Crippen LogP) is 3.60. The van der Waals surface area contributed by atoms with Crippen LogP contribution >= 0.6 is 35.6 Å². The maximum atomic E-state index is 6.17. The van der Waals surface area contributed by atoms with Crippen molar-refractivity contribution < 1.29 is 4.74 Å². The number of halogens is 3. The van der Waals surface area contributed by atoms with Crippen LogP contribution in [0.2, 0.25) is 10.4 Å². The largest absolute Gasteiger partial charge is 0.486 e. The number of hydrogen-bond donors (Lipinski definition) is 3. The van der Waals surface area contributed by atoms with Gasteiger partial charge in [-0.15, -0.1) is 12.4 Å². The summed E-state index contributed by atoms with van der Waals surface area (Å²) in [5, 5.41) is 4.99. The molecule has 0 amide bonds. The highest BCUT2D eigenvalue weighted by Gasteiger charge is 2.24. The second-order valence-corrected chi connectivity index (χ2v) is 6.70. The number of rotatable bonds is 5. The minimum atomic E-state index is 0. The minimum Gasteiger partial charge on any atom is -0.486 e. The summed E-state index contributed by atoms with van der Waals surface area (Å²) in [7, 11) is 0. The molecule has 1 unspecified atom stereocenters. The molecule has 0 bridgehead atoms. The first-order valence-electron chi connectivity index (χ1n) is 8.06. The molecule has 0 spiro atoms. The van der Waals surface area contributed by atoms with E-state index in [4.69, 9.17) is 33.7 Å². The SMILES string of the molecule is Cl.NCCOc1c(Cl)nc(Cl)nc1NC1Cc2cccc3[nH]cc(c23)C1. The number of H-pyrrole nitrogens is 1. The van der Waals surface area contributed by atoms with E-state index in [1.807, 2.05) is 0 Å². The number of aromatic nitrogens is 3. The Hall–Kier alpha value is -1.73. The monoisotopic (exact) mass is 413 g/mol. The number of benzene rings is 1. The minimum absolute atomic E-state index is 0. The van der Waals surface area contributed by atoms with Crippen molar-refractivity contribution in [3.8, 4) is 5.75 Å². The fourth-order valence-corrected chi connectivity index (χ4v) is 3.79. The van der Waals surface area contributed by atoms with Crippen LogP contribution in [-0.4, -0.2) is 34.1 Å². The Bertz CT molecular complexity index is 930. The standard InChI is InChI=1S/C17H17Cl2N5O.ClH/c18-15-14(25-5-4-20)16(24-17(19)23-15)22-11-6-9-2-1-3-12-13(9)10(7-11)8-21-12;/h1-3,8,11,21H,4-7,20H2,(H,22,23,24);1H. The van der Waals surface area contributed by atoms with E-state index >= 15 is 0 Å². The zero-order chi connectivity index (χ0) is 17.4. The van der Waals surface area contributed by atoms with E-state index in [1.54, 1.807) is 0 Å². The normalized spacial score (nSPS) is 15.6. The molecule has 0 saturated heterocycles. The molecular weight excluding hydrogens is 397 g/mol. The number of aromatic amines is 1. The van der Waals surface area contributed by atoms with Crippen LogP contribution in [0.4, 0.5) is 5.82 Å². The molecule has 1 atom stereocenters. The molecule has 138 valence electrons. The van der Waals surface area contributed by atoms with Crippen molar-refractivity contribution in [2.45, 2.75) is 18.9 Å². The highest BCUT2D eigenvalue weighted by molar-refractivity contribution is 6.33. The summed E-state index contributed by atoms with van der Waals surface area (Å²) in [6.07, 6.45) is 3.80. The van der Waals surface area contributed by atoms with Gasteiger partial charge in [0.25, 0.3) is 0 Å². The fourth-order valence-electron chi connectivity index (χ4n) is 3.35. The summed E-state index contributed by atoms with van der Waals surface area (Å²) in [5.74, 6) is 0.879. The van der Waals surface area contributed by atoms with Crippen molar-refractivity contribution in [3.05, 3.63) is 46.0 Å². The molecule has 6 nitrogen and oxygen atoms in total. The van der Waals surface area contributed by atoms with Crippen LogP contribution in [0.5, 0.6) is 5.75 Å². The number of hydrogen-bond acceptors (Lipinski definition) is 5. The van der Waals surface area contributed by atoms with Crippen LogP contribution < -0.4 is 15.8 Å². The van der Waals surface area contributed by atoms with Crippen molar-refractivity contribution in [1.29, 1.82) is 0 Å². The summed E-state index contributed by atoms with van der Waals surface area (Å²) in [6.45, 7) is 0.696. The first-order chi connectivity index (χ1) is 12.2. The molecule has 2 aromatic heterocycles. The molecule has 4 N–H and O–H groups in total. The Morgan fingerprint density at radius 1 is 1.23 bits per heavy atom. The van der Waals surface area contributed by atoms with Gasteiger partial charge in [0.05, 0.1) is 0 Å². The topological polar surface area (TPSA) is 88.8 Å². The molecule has 0 fully saturated rings. The number of nitrogens with two attached hydrogens (primary N) is 1. The van der Waals surface area contributed by atoms with Crippen LogP contribution in [0.1, 0.15) is 11.1 Å². The third kappa shape index (κ3) is 3.55. The average molecular weight is 415 g/mol. The summed E-state index contributed by atoms with van der Waals surface area (Å²) < 4.78 is 5.62. The van der Waals surface area contributed by atoms with Crippen molar-refractivity contribution in [1.82, 2.24) is 15.0 Å². The number of nitrogens with one attached hydrogen (secondary N) is 2. The van der Waals surface area contributed by atoms with Crippen LogP contribution in [0.25, 0.3) is 10.9 Å². The lowest BCUT2D eigenvalue weighted by atomic mass is 9.89. The van der Waals surface area contributed by atoms with E-state index in [-0.39, 0.29) is 28.9 Å². The average Bonchev–Trinajstić information content (AvgIpc) is 2.99. The lowest BCUT2D eigenvalue weighted by Gasteiger charge is -2.25. The van der Waals surface area contributed by atoms with Crippen LogP contribution in [0, 0.1) is 0 Å². The summed E-state index contributed by atoms with van der Waals surface area (Å²) in [5.41, 5.74) is 9.27. The maximum absolute atomic E-state index is 6.17.